The minimum Gasteiger partial charge on any atom is -0.508 e. The maximum Gasteiger partial charge on any atom is 0.337 e. The highest BCUT2D eigenvalue weighted by Crippen LogP contribution is 2.11. The zero-order valence-electron chi connectivity index (χ0n) is 12.9. The molecule has 0 heterocycles. The number of hydrogen-bond donors (Lipinski definition) is 2. The highest BCUT2D eigenvalue weighted by molar-refractivity contribution is 7.85. The van der Waals surface area contributed by atoms with Crippen LogP contribution in [0.2, 0.25) is 0 Å². The fraction of sp³-hybridized carbons (Fsp3) is 0.133. The van der Waals surface area contributed by atoms with Crippen LogP contribution in [0, 0.1) is 17.7 Å². The molecule has 0 bridgehead atoms. The fourth-order valence-electron chi connectivity index (χ4n) is 1.46. The van der Waals surface area contributed by atoms with Gasteiger partial charge in [0.05, 0.1) is 17.6 Å². The molecule has 9 heteroatoms. The van der Waals surface area contributed by atoms with Crippen LogP contribution < -0.4 is 0 Å². The lowest BCUT2D eigenvalue weighted by atomic mass is 10.2. The first kappa shape index (κ1) is 21.0. The van der Waals surface area contributed by atoms with Crippen LogP contribution in [0.1, 0.15) is 15.9 Å². The lowest BCUT2D eigenvalue weighted by molar-refractivity contribution is 0.0600. The lowest BCUT2D eigenvalue weighted by Crippen LogP contribution is -1.99. The van der Waals surface area contributed by atoms with E-state index in [0.717, 1.165) is 5.56 Å². The van der Waals surface area contributed by atoms with Crippen molar-refractivity contribution < 1.29 is 27.6 Å². The molecular weight excluding hydrogens is 336 g/mol. The SMILES string of the molecule is COC(=O)c1cccc(O)c1.Cc1ccc(S(=O)(=O)O)cc1.N#N. The number of aryl methyl sites for hydroxylation is 1. The zero-order valence-corrected chi connectivity index (χ0v) is 13.8. The summed E-state index contributed by atoms with van der Waals surface area (Å²) in [6.07, 6.45) is 0. The van der Waals surface area contributed by atoms with E-state index in [0.29, 0.717) is 5.56 Å². The van der Waals surface area contributed by atoms with Crippen LogP contribution in [-0.4, -0.2) is 31.2 Å². The van der Waals surface area contributed by atoms with E-state index < -0.39 is 16.1 Å². The Labute approximate surface area is 139 Å². The molecule has 0 aliphatic rings. The van der Waals surface area contributed by atoms with Crippen LogP contribution in [0.3, 0.4) is 0 Å². The summed E-state index contributed by atoms with van der Waals surface area (Å²) >= 11 is 0. The molecule has 2 rings (SSSR count). The van der Waals surface area contributed by atoms with Gasteiger partial charge in [0.15, 0.2) is 0 Å². The van der Waals surface area contributed by atoms with Crippen molar-refractivity contribution in [2.24, 2.45) is 0 Å². The minimum absolute atomic E-state index is 0.0629. The number of aromatic hydroxyl groups is 1. The van der Waals surface area contributed by atoms with Gasteiger partial charge in [-0.05, 0) is 37.3 Å². The molecule has 0 unspecified atom stereocenters. The van der Waals surface area contributed by atoms with E-state index in [9.17, 15) is 13.2 Å². The Morgan fingerprint density at radius 2 is 1.62 bits per heavy atom. The van der Waals surface area contributed by atoms with Crippen LogP contribution in [0.4, 0.5) is 0 Å². The summed E-state index contributed by atoms with van der Waals surface area (Å²) in [4.78, 5) is 10.8. The number of carbonyl (C=O) groups is 1. The molecule has 2 N–H and O–H groups in total. The fourth-order valence-corrected chi connectivity index (χ4v) is 1.94. The van der Waals surface area contributed by atoms with E-state index in [4.69, 9.17) is 20.4 Å². The van der Waals surface area contributed by atoms with Crippen molar-refractivity contribution in [1.82, 2.24) is 0 Å². The van der Waals surface area contributed by atoms with Gasteiger partial charge >= 0.3 is 5.97 Å². The number of hydrogen-bond acceptors (Lipinski definition) is 7. The molecular formula is C15H16N2O6S. The number of rotatable bonds is 2. The third-order valence-corrected chi connectivity index (χ3v) is 3.45. The Morgan fingerprint density at radius 1 is 1.08 bits per heavy atom. The molecule has 0 aliphatic carbocycles. The van der Waals surface area contributed by atoms with Crippen LogP contribution in [0.15, 0.2) is 53.4 Å². The number of carbonyl (C=O) groups excluding carboxylic acids is 1. The third-order valence-electron chi connectivity index (χ3n) is 2.59. The molecule has 0 fully saturated rings. The maximum atomic E-state index is 10.8. The molecule has 24 heavy (non-hydrogen) atoms. The molecule has 0 radical (unpaired) electrons. The van der Waals surface area contributed by atoms with Gasteiger partial charge in [-0.2, -0.15) is 8.42 Å². The average Bonchev–Trinajstić information content (AvgIpc) is 2.56. The standard InChI is InChI=1S/C8H8O3.C7H8O3S.N2/c1-11-8(10)6-3-2-4-7(9)5-6;1-6-2-4-7(5-3-6)11(8,9)10;1-2/h2-5,9H,1H3;2-5H,1H3,(H,8,9,10);. The Morgan fingerprint density at radius 3 is 2.04 bits per heavy atom. The summed E-state index contributed by atoms with van der Waals surface area (Å²) in [5, 5.41) is 20.9. The summed E-state index contributed by atoms with van der Waals surface area (Å²) in [7, 11) is -2.72. The van der Waals surface area contributed by atoms with E-state index >= 15 is 0 Å². The highest BCUT2D eigenvalue weighted by atomic mass is 32.2. The van der Waals surface area contributed by atoms with Crippen molar-refractivity contribution in [3.63, 3.8) is 0 Å². The Hall–Kier alpha value is -2.96. The summed E-state index contributed by atoms with van der Waals surface area (Å²) in [6.45, 7) is 1.84. The second-order valence-electron chi connectivity index (χ2n) is 4.33. The van der Waals surface area contributed by atoms with Crippen molar-refractivity contribution in [2.45, 2.75) is 11.8 Å². The number of phenolic OH excluding ortho intramolecular Hbond substituents is 1. The smallest absolute Gasteiger partial charge is 0.337 e. The number of ether oxygens (including phenoxy) is 1. The van der Waals surface area contributed by atoms with E-state index in [1.54, 1.807) is 24.3 Å². The highest BCUT2D eigenvalue weighted by Gasteiger charge is 2.06. The van der Waals surface area contributed by atoms with Crippen LogP contribution in [0.5, 0.6) is 5.75 Å². The number of phenols is 1. The van der Waals surface area contributed by atoms with Gasteiger partial charge in [0.1, 0.15) is 5.75 Å². The molecule has 0 aromatic heterocycles. The quantitative estimate of drug-likeness (QED) is 0.475. The van der Waals surface area contributed by atoms with Crippen molar-refractivity contribution in [3.05, 3.63) is 59.7 Å². The molecule has 8 nitrogen and oxygen atoms in total. The van der Waals surface area contributed by atoms with Gasteiger partial charge < -0.3 is 9.84 Å². The van der Waals surface area contributed by atoms with Gasteiger partial charge in [-0.25, -0.2) is 4.79 Å². The monoisotopic (exact) mass is 352 g/mol. The minimum atomic E-state index is -4.02. The Kier molecular flexibility index (Phi) is 8.71. The molecule has 0 amide bonds. The molecule has 2 aromatic carbocycles. The summed E-state index contributed by atoms with van der Waals surface area (Å²) in [5.41, 5.74) is 1.31. The molecule has 128 valence electrons. The second kappa shape index (κ2) is 9.94. The van der Waals surface area contributed by atoms with Gasteiger partial charge in [0.25, 0.3) is 10.1 Å². The first-order valence-electron chi connectivity index (χ1n) is 6.35. The van der Waals surface area contributed by atoms with E-state index in [1.165, 1.54) is 31.4 Å². The zero-order chi connectivity index (χ0) is 18.8. The van der Waals surface area contributed by atoms with Crippen molar-refractivity contribution >= 4 is 16.1 Å². The summed E-state index contributed by atoms with van der Waals surface area (Å²) in [5.74, 6) is -0.381. The lowest BCUT2D eigenvalue weighted by Gasteiger charge is -1.97. The molecule has 0 saturated carbocycles. The number of benzene rings is 2. The Balaban J connectivity index is 0.000000400. The first-order chi connectivity index (χ1) is 11.2. The Bertz CT molecular complexity index is 785. The van der Waals surface area contributed by atoms with Gasteiger partial charge in [-0.3, -0.25) is 4.55 Å². The number of methoxy groups -OCH3 is 1. The van der Waals surface area contributed by atoms with E-state index in [2.05, 4.69) is 4.74 Å². The predicted molar refractivity (Wildman–Crippen MR) is 83.9 cm³/mol. The molecule has 0 saturated heterocycles. The van der Waals surface area contributed by atoms with Crippen LogP contribution in [-0.2, 0) is 14.9 Å². The molecule has 0 atom stereocenters. The van der Waals surface area contributed by atoms with Gasteiger partial charge in [-0.1, -0.05) is 23.8 Å². The summed E-state index contributed by atoms with van der Waals surface area (Å²) < 4.78 is 34.0. The van der Waals surface area contributed by atoms with Crippen molar-refractivity contribution in [3.8, 4) is 5.75 Å². The number of esters is 1. The normalized spacial score (nSPS) is 9.54. The topological polar surface area (TPSA) is 148 Å². The predicted octanol–water partition coefficient (Wildman–Crippen LogP) is 2.45. The molecule has 0 aliphatic heterocycles. The largest absolute Gasteiger partial charge is 0.508 e. The molecule has 0 spiro atoms. The van der Waals surface area contributed by atoms with Crippen LogP contribution in [0.25, 0.3) is 0 Å². The second-order valence-corrected chi connectivity index (χ2v) is 5.75. The maximum absolute atomic E-state index is 10.8. The number of nitrogens with zero attached hydrogens (tertiary/aromatic N) is 2. The third kappa shape index (κ3) is 7.35. The van der Waals surface area contributed by atoms with E-state index in [-0.39, 0.29) is 10.6 Å². The first-order valence-corrected chi connectivity index (χ1v) is 7.79. The van der Waals surface area contributed by atoms with Crippen LogP contribution >= 0.6 is 0 Å². The molecule has 2 aromatic rings. The van der Waals surface area contributed by atoms with Crippen molar-refractivity contribution in [2.75, 3.05) is 7.11 Å². The van der Waals surface area contributed by atoms with Crippen molar-refractivity contribution in [1.29, 1.82) is 10.8 Å². The van der Waals surface area contributed by atoms with E-state index in [1.807, 2.05) is 6.92 Å². The van der Waals surface area contributed by atoms with Gasteiger partial charge in [-0.15, -0.1) is 0 Å². The van der Waals surface area contributed by atoms with Gasteiger partial charge in [0.2, 0.25) is 0 Å². The average molecular weight is 352 g/mol. The van der Waals surface area contributed by atoms with Gasteiger partial charge in [0, 0.05) is 10.8 Å². The summed E-state index contributed by atoms with van der Waals surface area (Å²) in [6, 6.07) is 12.0.